The Morgan fingerprint density at radius 3 is 2.37 bits per heavy atom. The van der Waals surface area contributed by atoms with Crippen molar-refractivity contribution in [3.63, 3.8) is 0 Å². The fourth-order valence-corrected chi connectivity index (χ4v) is 3.07. The summed E-state index contributed by atoms with van der Waals surface area (Å²) >= 11 is 0.816. The van der Waals surface area contributed by atoms with E-state index in [0.717, 1.165) is 27.9 Å². The van der Waals surface area contributed by atoms with Crippen LogP contribution in [0.2, 0.25) is 0 Å². The van der Waals surface area contributed by atoms with E-state index in [9.17, 15) is 14.4 Å². The molecule has 2 rings (SSSR count). The minimum Gasteiger partial charge on any atom is -0.459 e. The molecule has 144 valence electrons. The van der Waals surface area contributed by atoms with Gasteiger partial charge in [0.05, 0.1) is 4.91 Å². The van der Waals surface area contributed by atoms with E-state index in [1.807, 2.05) is 49.3 Å². The van der Waals surface area contributed by atoms with Crippen LogP contribution in [-0.4, -0.2) is 48.3 Å². The molecule has 0 spiro atoms. The van der Waals surface area contributed by atoms with Crippen LogP contribution in [0.3, 0.4) is 0 Å². The number of amides is 2. The van der Waals surface area contributed by atoms with Crippen LogP contribution in [-0.2, 0) is 14.3 Å². The predicted octanol–water partition coefficient (Wildman–Crippen LogP) is 3.69. The molecule has 0 unspecified atom stereocenters. The molecule has 6 nitrogen and oxygen atoms in total. The van der Waals surface area contributed by atoms with Gasteiger partial charge in [-0.3, -0.25) is 19.3 Å². The van der Waals surface area contributed by atoms with Crippen molar-refractivity contribution >= 4 is 40.6 Å². The molecule has 1 aromatic rings. The molecule has 0 saturated carbocycles. The highest BCUT2D eigenvalue weighted by Crippen LogP contribution is 2.30. The van der Waals surface area contributed by atoms with E-state index >= 15 is 0 Å². The van der Waals surface area contributed by atoms with Gasteiger partial charge in [0, 0.05) is 19.8 Å². The average molecular weight is 388 g/mol. The number of benzene rings is 1. The number of imide groups is 1. The second kappa shape index (κ2) is 8.43. The number of nitrogens with zero attached hydrogens (tertiary/aromatic N) is 2. The first-order chi connectivity index (χ1) is 12.6. The molecule has 0 aromatic heterocycles. The Morgan fingerprint density at radius 1 is 1.19 bits per heavy atom. The number of allylic oxidation sites excluding steroid dienone is 2. The number of hydrogen-bond donors (Lipinski definition) is 0. The molecule has 0 bridgehead atoms. The maximum Gasteiger partial charge on any atom is 0.326 e. The van der Waals surface area contributed by atoms with E-state index in [2.05, 4.69) is 0 Å². The van der Waals surface area contributed by atoms with Gasteiger partial charge in [0.15, 0.2) is 0 Å². The number of thioether (sulfide) groups is 1. The number of carbonyl (C=O) groups is 3. The molecule has 7 heteroatoms. The molecule has 1 fully saturated rings. The van der Waals surface area contributed by atoms with E-state index in [1.54, 1.807) is 32.9 Å². The summed E-state index contributed by atoms with van der Waals surface area (Å²) in [7, 11) is 3.94. The first-order valence-electron chi connectivity index (χ1n) is 8.48. The summed E-state index contributed by atoms with van der Waals surface area (Å²) in [6.07, 6.45) is 5.15. The summed E-state index contributed by atoms with van der Waals surface area (Å²) in [5.74, 6) is -1.09. The Labute approximate surface area is 163 Å². The van der Waals surface area contributed by atoms with Crippen LogP contribution in [0.25, 0.3) is 6.08 Å². The Balaban J connectivity index is 2.01. The molecular formula is C20H24N2O4S. The van der Waals surface area contributed by atoms with Crippen molar-refractivity contribution in [2.45, 2.75) is 26.4 Å². The van der Waals surface area contributed by atoms with Gasteiger partial charge in [0.1, 0.15) is 12.1 Å². The van der Waals surface area contributed by atoms with Crippen molar-refractivity contribution < 1.29 is 19.1 Å². The standard InChI is InChI=1S/C20H24N2O4S/c1-20(2,3)26-17(23)13-22-18(24)16(27-19(22)25)8-6-7-14-9-11-15(12-10-14)21(4)5/h6-12H,13H2,1-5H3. The van der Waals surface area contributed by atoms with Crippen molar-refractivity contribution in [2.75, 3.05) is 25.5 Å². The van der Waals surface area contributed by atoms with Crippen LogP contribution in [0.1, 0.15) is 26.3 Å². The van der Waals surface area contributed by atoms with Crippen LogP contribution in [0.4, 0.5) is 10.5 Å². The Hall–Kier alpha value is -2.54. The molecule has 27 heavy (non-hydrogen) atoms. The van der Waals surface area contributed by atoms with Gasteiger partial charge < -0.3 is 9.64 Å². The number of hydrogen-bond acceptors (Lipinski definition) is 6. The van der Waals surface area contributed by atoms with Gasteiger partial charge in [0.25, 0.3) is 11.1 Å². The van der Waals surface area contributed by atoms with Crippen LogP contribution in [0.5, 0.6) is 0 Å². The van der Waals surface area contributed by atoms with Crippen LogP contribution < -0.4 is 4.90 Å². The van der Waals surface area contributed by atoms with Gasteiger partial charge in [-0.25, -0.2) is 0 Å². The molecule has 0 radical (unpaired) electrons. The summed E-state index contributed by atoms with van der Waals surface area (Å²) in [6.45, 7) is 4.81. The lowest BCUT2D eigenvalue weighted by molar-refractivity contribution is -0.156. The number of carbonyl (C=O) groups excluding carboxylic acids is 3. The van der Waals surface area contributed by atoms with Gasteiger partial charge in [-0.1, -0.05) is 24.3 Å². The lowest BCUT2D eigenvalue weighted by atomic mass is 10.2. The number of ether oxygens (including phenoxy) is 1. The third-order valence-corrected chi connectivity index (χ3v) is 4.45. The largest absolute Gasteiger partial charge is 0.459 e. The summed E-state index contributed by atoms with van der Waals surface area (Å²) < 4.78 is 5.17. The summed E-state index contributed by atoms with van der Waals surface area (Å²) in [5.41, 5.74) is 1.40. The lowest BCUT2D eigenvalue weighted by Gasteiger charge is -2.21. The molecule has 1 saturated heterocycles. The van der Waals surface area contributed by atoms with Crippen LogP contribution in [0, 0.1) is 0 Å². The summed E-state index contributed by atoms with van der Waals surface area (Å²) in [4.78, 5) is 39.4. The Kier molecular flexibility index (Phi) is 6.49. The van der Waals surface area contributed by atoms with Gasteiger partial charge in [-0.05, 0) is 56.3 Å². The molecule has 1 heterocycles. The van der Waals surface area contributed by atoms with E-state index in [-0.39, 0.29) is 11.4 Å². The fraction of sp³-hybridized carbons (Fsp3) is 0.350. The molecular weight excluding hydrogens is 364 g/mol. The van der Waals surface area contributed by atoms with Crippen molar-refractivity contribution in [3.8, 4) is 0 Å². The molecule has 1 aliphatic heterocycles. The second-order valence-electron chi connectivity index (χ2n) is 7.22. The highest BCUT2D eigenvalue weighted by Gasteiger charge is 2.36. The lowest BCUT2D eigenvalue weighted by Crippen LogP contribution is -2.37. The maximum absolute atomic E-state index is 12.3. The topological polar surface area (TPSA) is 66.9 Å². The third kappa shape index (κ3) is 5.99. The van der Waals surface area contributed by atoms with Crippen molar-refractivity contribution in [1.29, 1.82) is 0 Å². The van der Waals surface area contributed by atoms with Crippen molar-refractivity contribution in [3.05, 3.63) is 46.9 Å². The quantitative estimate of drug-likeness (QED) is 0.566. The first-order valence-corrected chi connectivity index (χ1v) is 9.30. The fourth-order valence-electron chi connectivity index (χ4n) is 2.28. The van der Waals surface area contributed by atoms with Gasteiger partial charge in [-0.2, -0.15) is 0 Å². The molecule has 1 aromatic carbocycles. The van der Waals surface area contributed by atoms with Crippen molar-refractivity contribution in [2.24, 2.45) is 0 Å². The first kappa shape index (κ1) is 20.8. The second-order valence-corrected chi connectivity index (χ2v) is 8.21. The molecule has 0 N–H and O–H groups in total. The zero-order valence-corrected chi connectivity index (χ0v) is 17.0. The number of anilines is 1. The van der Waals surface area contributed by atoms with Gasteiger partial charge in [-0.15, -0.1) is 0 Å². The maximum atomic E-state index is 12.3. The van der Waals surface area contributed by atoms with Crippen LogP contribution in [0.15, 0.2) is 41.3 Å². The highest BCUT2D eigenvalue weighted by atomic mass is 32.2. The van der Waals surface area contributed by atoms with E-state index in [1.165, 1.54) is 0 Å². The Bertz CT molecular complexity index is 789. The zero-order valence-electron chi connectivity index (χ0n) is 16.2. The summed E-state index contributed by atoms with van der Waals surface area (Å²) in [5, 5.41) is -0.471. The molecule has 2 amide bonds. The molecule has 1 aliphatic rings. The minimum absolute atomic E-state index is 0.282. The number of esters is 1. The summed E-state index contributed by atoms with van der Waals surface area (Å²) in [6, 6.07) is 7.92. The molecule has 0 aliphatic carbocycles. The predicted molar refractivity (Wildman–Crippen MR) is 108 cm³/mol. The monoisotopic (exact) mass is 388 g/mol. The van der Waals surface area contributed by atoms with E-state index in [4.69, 9.17) is 4.74 Å². The van der Waals surface area contributed by atoms with Crippen molar-refractivity contribution in [1.82, 2.24) is 4.90 Å². The average Bonchev–Trinajstić information content (AvgIpc) is 2.81. The van der Waals surface area contributed by atoms with Gasteiger partial charge >= 0.3 is 5.97 Å². The SMILES string of the molecule is CN(C)c1ccc(C=CC=C2SC(=O)N(CC(=O)OC(C)(C)C)C2=O)cc1. The van der Waals surface area contributed by atoms with E-state index < -0.39 is 22.7 Å². The van der Waals surface area contributed by atoms with E-state index in [0.29, 0.717) is 0 Å². The Morgan fingerprint density at radius 2 is 1.81 bits per heavy atom. The minimum atomic E-state index is -0.667. The number of rotatable bonds is 5. The highest BCUT2D eigenvalue weighted by molar-refractivity contribution is 8.18. The van der Waals surface area contributed by atoms with Crippen LogP contribution >= 0.6 is 11.8 Å². The smallest absolute Gasteiger partial charge is 0.326 e. The zero-order chi connectivity index (χ0) is 20.2. The molecule has 0 atom stereocenters. The van der Waals surface area contributed by atoms with Gasteiger partial charge in [0.2, 0.25) is 0 Å². The normalized spacial score (nSPS) is 16.5. The third-order valence-electron chi connectivity index (χ3n) is 3.53.